The Hall–Kier alpha value is -3.42. The maximum Gasteiger partial charge on any atom is 0.269 e. The second-order valence-electron chi connectivity index (χ2n) is 5.57. The van der Waals surface area contributed by atoms with Crippen molar-refractivity contribution in [3.05, 3.63) is 64.2 Å². The van der Waals surface area contributed by atoms with E-state index in [-0.39, 0.29) is 11.6 Å². The number of hydrogen-bond acceptors (Lipinski definition) is 6. The highest BCUT2D eigenvalue weighted by Crippen LogP contribution is 2.16. The van der Waals surface area contributed by atoms with Crippen LogP contribution in [0.2, 0.25) is 0 Å². The van der Waals surface area contributed by atoms with Crippen molar-refractivity contribution >= 4 is 23.0 Å². The van der Waals surface area contributed by atoms with Crippen molar-refractivity contribution in [2.45, 2.75) is 19.9 Å². The van der Waals surface area contributed by atoms with E-state index >= 15 is 0 Å². The second-order valence-corrected chi connectivity index (χ2v) is 5.57. The van der Waals surface area contributed by atoms with Gasteiger partial charge in [0.15, 0.2) is 0 Å². The van der Waals surface area contributed by atoms with E-state index in [0.29, 0.717) is 11.3 Å². The van der Waals surface area contributed by atoms with E-state index in [1.807, 2.05) is 12.1 Å². The first-order valence-electron chi connectivity index (χ1n) is 7.90. The zero-order chi connectivity index (χ0) is 19.1. The van der Waals surface area contributed by atoms with Crippen LogP contribution in [0.1, 0.15) is 19.4 Å². The molecule has 0 bridgehead atoms. The van der Waals surface area contributed by atoms with Gasteiger partial charge < -0.3 is 10.1 Å². The van der Waals surface area contributed by atoms with Crippen molar-refractivity contribution < 1.29 is 14.5 Å². The van der Waals surface area contributed by atoms with Crippen LogP contribution >= 0.6 is 0 Å². The number of non-ortho nitro benzene ring substituents is 1. The lowest BCUT2D eigenvalue weighted by molar-refractivity contribution is -0.384. The fraction of sp³-hybridized carbons (Fsp3) is 0.222. The van der Waals surface area contributed by atoms with E-state index in [0.717, 1.165) is 11.4 Å². The molecule has 0 saturated heterocycles. The lowest BCUT2D eigenvalue weighted by Crippen LogP contribution is -2.35. The van der Waals surface area contributed by atoms with E-state index < -0.39 is 11.0 Å². The third kappa shape index (κ3) is 5.04. The Morgan fingerprint density at radius 3 is 2.31 bits per heavy atom. The number of benzene rings is 2. The zero-order valence-electron chi connectivity index (χ0n) is 14.7. The monoisotopic (exact) mass is 356 g/mol. The Labute approximate surface area is 151 Å². The third-order valence-corrected chi connectivity index (χ3v) is 3.70. The van der Waals surface area contributed by atoms with E-state index in [2.05, 4.69) is 15.8 Å². The lowest BCUT2D eigenvalue weighted by Gasteiger charge is -2.14. The summed E-state index contributed by atoms with van der Waals surface area (Å²) in [5.74, 6) is 0.429. The van der Waals surface area contributed by atoms with Crippen LogP contribution < -0.4 is 15.5 Å². The summed E-state index contributed by atoms with van der Waals surface area (Å²) in [6, 6.07) is 12.7. The van der Waals surface area contributed by atoms with Crippen molar-refractivity contribution in [3.8, 4) is 5.75 Å². The van der Waals surface area contributed by atoms with Gasteiger partial charge in [-0.25, -0.2) is 5.43 Å². The molecule has 1 atom stereocenters. The molecule has 8 heteroatoms. The van der Waals surface area contributed by atoms with Gasteiger partial charge >= 0.3 is 0 Å². The van der Waals surface area contributed by atoms with Gasteiger partial charge in [-0.3, -0.25) is 14.9 Å². The quantitative estimate of drug-likeness (QED) is 0.451. The van der Waals surface area contributed by atoms with Crippen molar-refractivity contribution in [2.75, 3.05) is 12.4 Å². The Bertz CT molecular complexity index is 801. The molecule has 0 aromatic heterocycles. The minimum atomic E-state index is -0.503. The highest BCUT2D eigenvalue weighted by atomic mass is 16.6. The normalized spacial score (nSPS) is 12.2. The van der Waals surface area contributed by atoms with Crippen LogP contribution in [0.4, 0.5) is 11.4 Å². The van der Waals surface area contributed by atoms with Gasteiger partial charge in [0, 0.05) is 17.8 Å². The highest BCUT2D eigenvalue weighted by molar-refractivity contribution is 5.99. The Morgan fingerprint density at radius 2 is 1.77 bits per heavy atom. The van der Waals surface area contributed by atoms with Crippen molar-refractivity contribution in [3.63, 3.8) is 0 Å². The molecule has 0 heterocycles. The summed E-state index contributed by atoms with van der Waals surface area (Å²) in [5, 5.41) is 17.8. The summed E-state index contributed by atoms with van der Waals surface area (Å²) in [7, 11) is 1.59. The number of ether oxygens (including phenoxy) is 1. The summed E-state index contributed by atoms with van der Waals surface area (Å²) in [6.45, 7) is 3.43. The molecular weight excluding hydrogens is 336 g/mol. The Morgan fingerprint density at radius 1 is 1.15 bits per heavy atom. The van der Waals surface area contributed by atoms with Crippen molar-refractivity contribution in [1.29, 1.82) is 0 Å². The molecule has 2 aromatic carbocycles. The van der Waals surface area contributed by atoms with Gasteiger partial charge in [-0.05, 0) is 55.8 Å². The first-order valence-corrected chi connectivity index (χ1v) is 7.90. The molecule has 0 saturated carbocycles. The van der Waals surface area contributed by atoms with E-state index in [4.69, 9.17) is 4.74 Å². The molecule has 2 rings (SSSR count). The molecule has 0 unspecified atom stereocenters. The molecule has 26 heavy (non-hydrogen) atoms. The second kappa shape index (κ2) is 8.61. The Balaban J connectivity index is 1.94. The molecule has 1 amide bonds. The number of nitro benzene ring substituents is 1. The number of nitrogens with zero attached hydrogens (tertiary/aromatic N) is 2. The number of rotatable bonds is 7. The summed E-state index contributed by atoms with van der Waals surface area (Å²) in [6.07, 6.45) is 0. The number of amides is 1. The summed E-state index contributed by atoms with van der Waals surface area (Å²) < 4.78 is 5.09. The van der Waals surface area contributed by atoms with Gasteiger partial charge in [-0.15, -0.1) is 0 Å². The van der Waals surface area contributed by atoms with Crippen molar-refractivity contribution in [2.24, 2.45) is 5.10 Å². The van der Waals surface area contributed by atoms with Crippen LogP contribution in [0.5, 0.6) is 5.75 Å². The number of nitro groups is 1. The minimum absolute atomic E-state index is 0.00268. The van der Waals surface area contributed by atoms with E-state index in [1.165, 1.54) is 12.1 Å². The van der Waals surface area contributed by atoms with Gasteiger partial charge in [-0.1, -0.05) is 0 Å². The number of hydrogen-bond donors (Lipinski definition) is 2. The fourth-order valence-corrected chi connectivity index (χ4v) is 2.13. The van der Waals surface area contributed by atoms with Crippen LogP contribution in [0.3, 0.4) is 0 Å². The first kappa shape index (κ1) is 18.9. The van der Waals surface area contributed by atoms with E-state index in [1.54, 1.807) is 45.2 Å². The predicted octanol–water partition coefficient (Wildman–Crippen LogP) is 2.94. The van der Waals surface area contributed by atoms with Crippen LogP contribution in [0.25, 0.3) is 0 Å². The van der Waals surface area contributed by atoms with Crippen LogP contribution in [0.15, 0.2) is 53.6 Å². The number of carbonyl (C=O) groups excluding carboxylic acids is 1. The average molecular weight is 356 g/mol. The van der Waals surface area contributed by atoms with E-state index in [9.17, 15) is 14.9 Å². The van der Waals surface area contributed by atoms with Crippen LogP contribution in [0, 0.1) is 10.1 Å². The Kier molecular flexibility index (Phi) is 6.26. The topological polar surface area (TPSA) is 106 Å². The van der Waals surface area contributed by atoms with Gasteiger partial charge in [0.05, 0.1) is 17.7 Å². The predicted molar refractivity (Wildman–Crippen MR) is 99.5 cm³/mol. The number of carbonyl (C=O) groups is 1. The highest BCUT2D eigenvalue weighted by Gasteiger charge is 2.12. The maximum atomic E-state index is 12.2. The molecule has 2 aromatic rings. The average Bonchev–Trinajstić information content (AvgIpc) is 2.66. The SMILES string of the molecule is COc1ccc(N[C@@H](C)C(=O)N/N=C(/C)c2ccc([N+](=O)[O-])cc2)cc1. The first-order chi connectivity index (χ1) is 12.4. The third-order valence-electron chi connectivity index (χ3n) is 3.70. The summed E-state index contributed by atoms with van der Waals surface area (Å²) in [5.41, 5.74) is 4.51. The molecule has 136 valence electrons. The molecule has 0 aliphatic rings. The molecular formula is C18H20N4O4. The molecule has 0 fully saturated rings. The number of nitrogens with one attached hydrogen (secondary N) is 2. The maximum absolute atomic E-state index is 12.2. The molecule has 0 spiro atoms. The molecule has 0 aliphatic heterocycles. The standard InChI is InChI=1S/C18H20N4O4/c1-12(14-4-8-16(9-5-14)22(24)25)20-21-18(23)13(2)19-15-6-10-17(26-3)11-7-15/h4-11,13,19H,1-3H3,(H,21,23)/b20-12-/t13-/m0/s1. The number of anilines is 1. The molecule has 0 radical (unpaired) electrons. The number of methoxy groups -OCH3 is 1. The van der Waals surface area contributed by atoms with Gasteiger partial charge in [0.2, 0.25) is 0 Å². The molecule has 2 N–H and O–H groups in total. The zero-order valence-corrected chi connectivity index (χ0v) is 14.7. The van der Waals surface area contributed by atoms with Gasteiger partial charge in [0.1, 0.15) is 11.8 Å². The molecule has 8 nitrogen and oxygen atoms in total. The fourth-order valence-electron chi connectivity index (χ4n) is 2.13. The summed E-state index contributed by atoms with van der Waals surface area (Å²) >= 11 is 0. The van der Waals surface area contributed by atoms with Crippen LogP contribution in [-0.4, -0.2) is 29.7 Å². The van der Waals surface area contributed by atoms with Crippen LogP contribution in [-0.2, 0) is 4.79 Å². The number of hydrazone groups is 1. The molecule has 0 aliphatic carbocycles. The summed E-state index contributed by atoms with van der Waals surface area (Å²) in [4.78, 5) is 22.3. The largest absolute Gasteiger partial charge is 0.497 e. The van der Waals surface area contributed by atoms with Crippen molar-refractivity contribution in [1.82, 2.24) is 5.43 Å². The lowest BCUT2D eigenvalue weighted by atomic mass is 10.1. The van der Waals surface area contributed by atoms with Gasteiger partial charge in [0.25, 0.3) is 11.6 Å². The minimum Gasteiger partial charge on any atom is -0.497 e. The smallest absolute Gasteiger partial charge is 0.269 e. The van der Waals surface area contributed by atoms with Gasteiger partial charge in [-0.2, -0.15) is 5.10 Å².